The molecule has 4 rings (SSSR count). The number of hydrogen-bond donors (Lipinski definition) is 0. The predicted molar refractivity (Wildman–Crippen MR) is 99.3 cm³/mol. The van der Waals surface area contributed by atoms with Crippen molar-refractivity contribution in [2.75, 3.05) is 38.2 Å². The van der Waals surface area contributed by atoms with E-state index < -0.39 is 9.84 Å². The van der Waals surface area contributed by atoms with E-state index in [4.69, 9.17) is 4.74 Å². The molecule has 2 aliphatic heterocycles. The van der Waals surface area contributed by atoms with Gasteiger partial charge in [-0.2, -0.15) is 0 Å². The van der Waals surface area contributed by atoms with Gasteiger partial charge in [-0.05, 0) is 49.4 Å². The van der Waals surface area contributed by atoms with Gasteiger partial charge in [-0.15, -0.1) is 0 Å². The molecule has 7 heteroatoms. The standard InChI is InChI=1S/C19H26N2O4S/c1-13-9-15(25-2)5-6-16(13)19(22)21-8-7-20(10-14-3-4-14)17-11-26(23,24)12-18(17)21/h5-6,9,14,17-18H,3-4,7-8,10-12H2,1-2H3/t17-,18+/m1/s1. The summed E-state index contributed by atoms with van der Waals surface area (Å²) in [4.78, 5) is 17.3. The third-order valence-electron chi connectivity index (χ3n) is 5.91. The number of hydrogen-bond acceptors (Lipinski definition) is 5. The van der Waals surface area contributed by atoms with Crippen molar-refractivity contribution in [1.82, 2.24) is 9.80 Å². The lowest BCUT2D eigenvalue weighted by molar-refractivity contribution is 0.0317. The van der Waals surface area contributed by atoms with Crippen LogP contribution in [0.5, 0.6) is 5.75 Å². The van der Waals surface area contributed by atoms with E-state index in [9.17, 15) is 13.2 Å². The van der Waals surface area contributed by atoms with Gasteiger partial charge in [-0.3, -0.25) is 9.69 Å². The fourth-order valence-electron chi connectivity index (χ4n) is 4.29. The number of amides is 1. The predicted octanol–water partition coefficient (Wildman–Crippen LogP) is 1.34. The summed E-state index contributed by atoms with van der Waals surface area (Å²) >= 11 is 0. The second-order valence-electron chi connectivity index (χ2n) is 7.83. The fraction of sp³-hybridized carbons (Fsp3) is 0.632. The lowest BCUT2D eigenvalue weighted by Gasteiger charge is -2.44. The Bertz CT molecular complexity index is 819. The number of sulfone groups is 1. The number of nitrogens with zero attached hydrogens (tertiary/aromatic N) is 2. The van der Waals surface area contributed by atoms with Crippen LogP contribution in [-0.4, -0.2) is 74.5 Å². The van der Waals surface area contributed by atoms with E-state index in [1.807, 2.05) is 13.0 Å². The van der Waals surface area contributed by atoms with Crippen molar-refractivity contribution < 1.29 is 17.9 Å². The lowest BCUT2D eigenvalue weighted by atomic mass is 10.0. The van der Waals surface area contributed by atoms with Crippen LogP contribution in [0.15, 0.2) is 18.2 Å². The number of piperazine rings is 1. The van der Waals surface area contributed by atoms with Gasteiger partial charge in [0.05, 0.1) is 24.7 Å². The van der Waals surface area contributed by atoms with Crippen LogP contribution in [0.3, 0.4) is 0 Å². The molecule has 3 aliphatic rings. The maximum absolute atomic E-state index is 13.2. The van der Waals surface area contributed by atoms with E-state index >= 15 is 0 Å². The average molecular weight is 378 g/mol. The van der Waals surface area contributed by atoms with Crippen LogP contribution in [0, 0.1) is 12.8 Å². The number of carbonyl (C=O) groups excluding carboxylic acids is 1. The van der Waals surface area contributed by atoms with Gasteiger partial charge in [0.2, 0.25) is 0 Å². The Morgan fingerprint density at radius 1 is 1.19 bits per heavy atom. The molecule has 0 radical (unpaired) electrons. The summed E-state index contributed by atoms with van der Waals surface area (Å²) in [6.45, 7) is 4.21. The third kappa shape index (κ3) is 3.34. The maximum atomic E-state index is 13.2. The minimum absolute atomic E-state index is 0.0585. The van der Waals surface area contributed by atoms with Crippen molar-refractivity contribution in [2.45, 2.75) is 31.8 Å². The van der Waals surface area contributed by atoms with Crippen LogP contribution in [0.25, 0.3) is 0 Å². The summed E-state index contributed by atoms with van der Waals surface area (Å²) in [6.07, 6.45) is 2.49. The van der Waals surface area contributed by atoms with E-state index in [0.29, 0.717) is 18.0 Å². The highest BCUT2D eigenvalue weighted by Crippen LogP contribution is 2.34. The highest BCUT2D eigenvalue weighted by molar-refractivity contribution is 7.91. The number of methoxy groups -OCH3 is 1. The number of benzene rings is 1. The minimum Gasteiger partial charge on any atom is -0.497 e. The largest absolute Gasteiger partial charge is 0.497 e. The Morgan fingerprint density at radius 3 is 2.58 bits per heavy atom. The van der Waals surface area contributed by atoms with Gasteiger partial charge in [0.1, 0.15) is 5.75 Å². The third-order valence-corrected chi connectivity index (χ3v) is 7.60. The second kappa shape index (κ2) is 6.53. The molecule has 2 heterocycles. The van der Waals surface area contributed by atoms with Gasteiger partial charge in [-0.1, -0.05) is 0 Å². The Hall–Kier alpha value is -1.60. The van der Waals surface area contributed by atoms with Gasteiger partial charge in [0.25, 0.3) is 5.91 Å². The lowest BCUT2D eigenvalue weighted by Crippen LogP contribution is -2.60. The van der Waals surface area contributed by atoms with Crippen LogP contribution >= 0.6 is 0 Å². The molecule has 1 aliphatic carbocycles. The molecule has 2 saturated heterocycles. The number of aryl methyl sites for hydroxylation is 1. The van der Waals surface area contributed by atoms with Crippen molar-refractivity contribution in [3.63, 3.8) is 0 Å². The Balaban J connectivity index is 1.59. The molecule has 1 saturated carbocycles. The highest BCUT2D eigenvalue weighted by atomic mass is 32.2. The van der Waals surface area contributed by atoms with Crippen molar-refractivity contribution >= 4 is 15.7 Å². The molecule has 0 spiro atoms. The first-order valence-corrected chi connectivity index (χ1v) is 11.1. The summed E-state index contributed by atoms with van der Waals surface area (Å²) in [5.41, 5.74) is 1.48. The van der Waals surface area contributed by atoms with E-state index in [1.165, 1.54) is 12.8 Å². The Labute approximate surface area is 155 Å². The van der Waals surface area contributed by atoms with Gasteiger partial charge in [0.15, 0.2) is 9.84 Å². The summed E-state index contributed by atoms with van der Waals surface area (Å²) in [5.74, 6) is 1.62. The van der Waals surface area contributed by atoms with Crippen molar-refractivity contribution in [2.24, 2.45) is 5.92 Å². The first-order valence-electron chi connectivity index (χ1n) is 9.28. The average Bonchev–Trinajstić information content (AvgIpc) is 3.34. The highest BCUT2D eigenvalue weighted by Gasteiger charge is 2.48. The molecule has 142 valence electrons. The fourth-order valence-corrected chi connectivity index (χ4v) is 6.31. The zero-order valence-electron chi connectivity index (χ0n) is 15.3. The van der Waals surface area contributed by atoms with Crippen LogP contribution in [-0.2, 0) is 9.84 Å². The Kier molecular flexibility index (Phi) is 4.47. The molecular formula is C19H26N2O4S. The second-order valence-corrected chi connectivity index (χ2v) is 9.98. The summed E-state index contributed by atoms with van der Waals surface area (Å²) in [5, 5.41) is 0. The van der Waals surface area contributed by atoms with Gasteiger partial charge in [0, 0.05) is 31.2 Å². The summed E-state index contributed by atoms with van der Waals surface area (Å²) < 4.78 is 29.9. The molecule has 0 aromatic heterocycles. The molecule has 3 fully saturated rings. The monoisotopic (exact) mass is 378 g/mol. The Morgan fingerprint density at radius 2 is 1.92 bits per heavy atom. The van der Waals surface area contributed by atoms with Gasteiger partial charge in [-0.25, -0.2) is 8.42 Å². The van der Waals surface area contributed by atoms with Gasteiger partial charge < -0.3 is 9.64 Å². The van der Waals surface area contributed by atoms with E-state index in [-0.39, 0.29) is 29.5 Å². The molecule has 1 aromatic rings. The van der Waals surface area contributed by atoms with E-state index in [2.05, 4.69) is 4.90 Å². The molecule has 2 atom stereocenters. The zero-order chi connectivity index (χ0) is 18.5. The van der Waals surface area contributed by atoms with Crippen LogP contribution in [0.2, 0.25) is 0 Å². The number of rotatable bonds is 4. The zero-order valence-corrected chi connectivity index (χ0v) is 16.2. The van der Waals surface area contributed by atoms with Crippen LogP contribution < -0.4 is 4.74 Å². The quantitative estimate of drug-likeness (QED) is 0.791. The topological polar surface area (TPSA) is 66.9 Å². The number of carbonyl (C=O) groups is 1. The van der Waals surface area contributed by atoms with Crippen LogP contribution in [0.4, 0.5) is 0 Å². The van der Waals surface area contributed by atoms with E-state index in [0.717, 1.165) is 24.4 Å². The molecular weight excluding hydrogens is 352 g/mol. The number of fused-ring (bicyclic) bond motifs is 1. The SMILES string of the molecule is COc1ccc(C(=O)N2CCN(CC3CC3)[C@@H]3CS(=O)(=O)C[C@@H]32)c(C)c1. The molecule has 26 heavy (non-hydrogen) atoms. The molecule has 0 bridgehead atoms. The maximum Gasteiger partial charge on any atom is 0.254 e. The molecule has 1 amide bonds. The van der Waals surface area contributed by atoms with E-state index in [1.54, 1.807) is 24.1 Å². The molecule has 0 N–H and O–H groups in total. The number of ether oxygens (including phenoxy) is 1. The molecule has 0 unspecified atom stereocenters. The first-order chi connectivity index (χ1) is 12.4. The minimum atomic E-state index is -3.10. The summed E-state index contributed by atoms with van der Waals surface area (Å²) in [6, 6.07) is 5.12. The normalized spacial score (nSPS) is 28.0. The van der Waals surface area contributed by atoms with Crippen molar-refractivity contribution in [3.8, 4) is 5.75 Å². The smallest absolute Gasteiger partial charge is 0.254 e. The van der Waals surface area contributed by atoms with Crippen molar-refractivity contribution in [1.29, 1.82) is 0 Å². The van der Waals surface area contributed by atoms with Gasteiger partial charge >= 0.3 is 0 Å². The molecule has 1 aromatic carbocycles. The van der Waals surface area contributed by atoms with Crippen molar-refractivity contribution in [3.05, 3.63) is 29.3 Å². The van der Waals surface area contributed by atoms with Crippen LogP contribution in [0.1, 0.15) is 28.8 Å². The first kappa shape index (κ1) is 17.8. The molecule has 6 nitrogen and oxygen atoms in total. The summed E-state index contributed by atoms with van der Waals surface area (Å²) in [7, 11) is -1.50.